The van der Waals surface area contributed by atoms with Crippen LogP contribution >= 0.6 is 15.9 Å². The minimum absolute atomic E-state index is 0.0859. The van der Waals surface area contributed by atoms with Gasteiger partial charge < -0.3 is 9.42 Å². The second-order valence-corrected chi connectivity index (χ2v) is 9.89. The molecule has 2 aliphatic heterocycles. The number of carbonyl (C=O) groups excluding carboxylic acids is 1. The molecule has 0 spiro atoms. The molecule has 1 aromatic carbocycles. The fraction of sp³-hybridized carbons (Fsp3) is 0.474. The third-order valence-electron chi connectivity index (χ3n) is 5.47. The van der Waals surface area contributed by atoms with Gasteiger partial charge in [-0.15, -0.1) is 0 Å². The molecule has 1 fully saturated rings. The Morgan fingerprint density at radius 2 is 2.11 bits per heavy atom. The molecule has 1 atom stereocenters. The molecule has 2 aromatic rings. The molecule has 2 aliphatic rings. The summed E-state index contributed by atoms with van der Waals surface area (Å²) in [7, 11) is -3.77. The topological polar surface area (TPSA) is 83.7 Å². The molecule has 1 saturated heterocycles. The Balaban J connectivity index is 1.74. The molecule has 4 rings (SSSR count). The first-order valence-corrected chi connectivity index (χ1v) is 11.6. The number of aryl methyl sites for hydroxylation is 1. The van der Waals surface area contributed by atoms with E-state index in [1.807, 2.05) is 19.1 Å². The van der Waals surface area contributed by atoms with Crippen molar-refractivity contribution in [3.05, 3.63) is 39.7 Å². The predicted molar refractivity (Wildman–Crippen MR) is 108 cm³/mol. The molecule has 1 amide bonds. The molecule has 150 valence electrons. The van der Waals surface area contributed by atoms with Crippen LogP contribution in [0.4, 0.5) is 5.69 Å². The molecule has 9 heteroatoms. The third kappa shape index (κ3) is 3.19. The summed E-state index contributed by atoms with van der Waals surface area (Å²) < 4.78 is 34.5. The van der Waals surface area contributed by atoms with E-state index < -0.39 is 10.0 Å². The maximum atomic E-state index is 13.5. The number of sulfonamides is 1. The number of hydrogen-bond acceptors (Lipinski definition) is 5. The smallest absolute Gasteiger partial charge is 0.244 e. The molecule has 1 unspecified atom stereocenters. The lowest BCUT2D eigenvalue weighted by atomic mass is 10.1. The van der Waals surface area contributed by atoms with E-state index >= 15 is 0 Å². The molecule has 0 radical (unpaired) electrons. The van der Waals surface area contributed by atoms with Gasteiger partial charge in [0.05, 0.1) is 16.6 Å². The number of carbonyl (C=O) groups is 1. The Labute approximate surface area is 172 Å². The fourth-order valence-corrected chi connectivity index (χ4v) is 6.74. The second-order valence-electron chi connectivity index (χ2n) is 7.18. The highest BCUT2D eigenvalue weighted by Crippen LogP contribution is 2.41. The average Bonchev–Trinajstić information content (AvgIpc) is 3.38. The molecular formula is C19H22BrN3O4S. The number of benzene rings is 1. The van der Waals surface area contributed by atoms with Gasteiger partial charge in [-0.25, -0.2) is 8.42 Å². The summed E-state index contributed by atoms with van der Waals surface area (Å²) in [5.74, 6) is 0.498. The van der Waals surface area contributed by atoms with Gasteiger partial charge in [-0.05, 0) is 59.3 Å². The molecule has 1 aromatic heterocycles. The van der Waals surface area contributed by atoms with Crippen LogP contribution in [0.1, 0.15) is 49.7 Å². The first-order valence-electron chi connectivity index (χ1n) is 9.40. The lowest BCUT2D eigenvalue weighted by Gasteiger charge is -2.24. The molecule has 0 saturated carbocycles. The summed E-state index contributed by atoms with van der Waals surface area (Å²) in [6.45, 7) is 4.48. The number of fused-ring (bicyclic) bond motifs is 1. The van der Waals surface area contributed by atoms with Crippen molar-refractivity contribution >= 4 is 37.5 Å². The van der Waals surface area contributed by atoms with E-state index in [4.69, 9.17) is 4.52 Å². The fourth-order valence-electron chi connectivity index (χ4n) is 4.00. The van der Waals surface area contributed by atoms with Gasteiger partial charge in [0.25, 0.3) is 0 Å². The van der Waals surface area contributed by atoms with E-state index in [-0.39, 0.29) is 16.8 Å². The van der Waals surface area contributed by atoms with Crippen LogP contribution in [0.3, 0.4) is 0 Å². The van der Waals surface area contributed by atoms with Crippen molar-refractivity contribution in [1.29, 1.82) is 0 Å². The van der Waals surface area contributed by atoms with Gasteiger partial charge in [-0.3, -0.25) is 4.79 Å². The molecule has 0 bridgehead atoms. The lowest BCUT2D eigenvalue weighted by Crippen LogP contribution is -2.31. The normalized spacial score (nSPS) is 20.0. The van der Waals surface area contributed by atoms with Crippen LogP contribution in [-0.2, 0) is 27.7 Å². The average molecular weight is 468 g/mol. The minimum atomic E-state index is -3.77. The van der Waals surface area contributed by atoms with E-state index in [9.17, 15) is 13.2 Å². The lowest BCUT2D eigenvalue weighted by molar-refractivity contribution is -0.116. The zero-order valence-corrected chi connectivity index (χ0v) is 18.2. The summed E-state index contributed by atoms with van der Waals surface area (Å²) in [6.07, 6.45) is 2.91. The van der Waals surface area contributed by atoms with Crippen molar-refractivity contribution in [2.45, 2.75) is 50.5 Å². The van der Waals surface area contributed by atoms with Crippen molar-refractivity contribution in [1.82, 2.24) is 9.46 Å². The summed E-state index contributed by atoms with van der Waals surface area (Å²) in [4.78, 5) is 13.7. The van der Waals surface area contributed by atoms with Crippen LogP contribution in [0.15, 0.2) is 32.1 Å². The first kappa shape index (κ1) is 19.6. The maximum Gasteiger partial charge on any atom is 0.244 e. The number of hydrogen-bond donors (Lipinski definition) is 0. The van der Waals surface area contributed by atoms with Gasteiger partial charge in [-0.2, -0.15) is 4.31 Å². The quantitative estimate of drug-likeness (QED) is 0.687. The van der Waals surface area contributed by atoms with Crippen molar-refractivity contribution in [3.63, 3.8) is 0 Å². The Kier molecular flexibility index (Phi) is 5.09. The van der Waals surface area contributed by atoms with E-state index in [2.05, 4.69) is 21.1 Å². The van der Waals surface area contributed by atoms with Crippen molar-refractivity contribution in [2.24, 2.45) is 0 Å². The Bertz CT molecular complexity index is 1030. The van der Waals surface area contributed by atoms with Crippen LogP contribution in [0.25, 0.3) is 0 Å². The Morgan fingerprint density at radius 1 is 1.32 bits per heavy atom. The highest BCUT2D eigenvalue weighted by Gasteiger charge is 2.40. The highest BCUT2D eigenvalue weighted by atomic mass is 79.9. The minimum Gasteiger partial charge on any atom is -0.359 e. The van der Waals surface area contributed by atoms with Crippen LogP contribution < -0.4 is 4.90 Å². The highest BCUT2D eigenvalue weighted by molar-refractivity contribution is 9.10. The number of aromatic nitrogens is 1. The van der Waals surface area contributed by atoms with Gasteiger partial charge in [-0.1, -0.05) is 12.1 Å². The monoisotopic (exact) mass is 467 g/mol. The standard InChI is InChI=1S/C19H22BrN3O4S/c1-3-14-10-18(27-21-14)16-5-4-7-23(16)28(25,26)19-11-17-13(9-15(19)20)6-8-22(17)12(2)24/h9-11,16H,3-8H2,1-2H3. The number of nitrogens with zero attached hydrogens (tertiary/aromatic N) is 3. The van der Waals surface area contributed by atoms with Gasteiger partial charge in [0.1, 0.15) is 0 Å². The summed E-state index contributed by atoms with van der Waals surface area (Å²) >= 11 is 3.44. The predicted octanol–water partition coefficient (Wildman–Crippen LogP) is 3.43. The summed E-state index contributed by atoms with van der Waals surface area (Å²) in [6, 6.07) is 4.92. The SMILES string of the molecule is CCc1cc(C2CCCN2S(=O)(=O)c2cc3c(cc2Br)CCN3C(C)=O)on1. The van der Waals surface area contributed by atoms with Crippen LogP contribution in [0.5, 0.6) is 0 Å². The van der Waals surface area contributed by atoms with Crippen LogP contribution in [-0.4, -0.2) is 36.9 Å². The first-order chi connectivity index (χ1) is 13.3. The second kappa shape index (κ2) is 7.27. The van der Waals surface area contributed by atoms with Crippen molar-refractivity contribution in [2.75, 3.05) is 18.0 Å². The molecule has 28 heavy (non-hydrogen) atoms. The van der Waals surface area contributed by atoms with Gasteiger partial charge in [0, 0.05) is 36.2 Å². The molecule has 0 aliphatic carbocycles. The van der Waals surface area contributed by atoms with E-state index in [0.717, 1.165) is 30.5 Å². The van der Waals surface area contributed by atoms with Crippen molar-refractivity contribution in [3.8, 4) is 0 Å². The summed E-state index contributed by atoms with van der Waals surface area (Å²) in [5, 5.41) is 4.01. The third-order valence-corrected chi connectivity index (χ3v) is 8.33. The largest absolute Gasteiger partial charge is 0.359 e. The van der Waals surface area contributed by atoms with Crippen LogP contribution in [0, 0.1) is 0 Å². The number of halogens is 1. The molecule has 0 N–H and O–H groups in total. The zero-order chi connectivity index (χ0) is 20.1. The van der Waals surface area contributed by atoms with Gasteiger partial charge >= 0.3 is 0 Å². The number of amides is 1. The van der Waals surface area contributed by atoms with Crippen molar-refractivity contribution < 1.29 is 17.7 Å². The van der Waals surface area contributed by atoms with E-state index in [1.165, 1.54) is 11.2 Å². The molecular weight excluding hydrogens is 446 g/mol. The molecule has 7 nitrogen and oxygen atoms in total. The maximum absolute atomic E-state index is 13.5. The van der Waals surface area contributed by atoms with E-state index in [1.54, 1.807) is 11.0 Å². The number of rotatable bonds is 4. The Hall–Kier alpha value is -1.71. The van der Waals surface area contributed by atoms with Crippen LogP contribution in [0.2, 0.25) is 0 Å². The van der Waals surface area contributed by atoms with Gasteiger partial charge in [0.15, 0.2) is 5.76 Å². The number of anilines is 1. The van der Waals surface area contributed by atoms with Gasteiger partial charge in [0.2, 0.25) is 15.9 Å². The summed E-state index contributed by atoms with van der Waals surface area (Å²) in [5.41, 5.74) is 2.47. The molecule has 3 heterocycles. The zero-order valence-electron chi connectivity index (χ0n) is 15.8. The van der Waals surface area contributed by atoms with E-state index in [0.29, 0.717) is 35.4 Å². The Morgan fingerprint density at radius 3 is 2.79 bits per heavy atom.